The molecule has 1 aromatic rings. The molecular weight excluding hydrogens is 258 g/mol. The third kappa shape index (κ3) is 2.87. The molecule has 1 amide bonds. The minimum absolute atomic E-state index is 0.107. The topological polar surface area (TPSA) is 95.0 Å². The molecule has 20 heavy (non-hydrogen) atoms. The molecule has 2 aliphatic rings. The van der Waals surface area contributed by atoms with Gasteiger partial charge >= 0.3 is 0 Å². The molecule has 1 aliphatic heterocycles. The summed E-state index contributed by atoms with van der Waals surface area (Å²) in [5, 5.41) is 23.8. The number of aromatic amines is 1. The number of nitrogens with zero attached hydrogens (tertiary/aromatic N) is 4. The third-order valence-electron chi connectivity index (χ3n) is 3.96. The zero-order valence-corrected chi connectivity index (χ0v) is 11.4. The number of amides is 1. The molecule has 1 aliphatic carbocycles. The van der Waals surface area contributed by atoms with Crippen LogP contribution in [0.4, 0.5) is 0 Å². The summed E-state index contributed by atoms with van der Waals surface area (Å²) >= 11 is 0. The zero-order chi connectivity index (χ0) is 14.0. The Morgan fingerprint density at radius 2 is 2.30 bits per heavy atom. The van der Waals surface area contributed by atoms with Gasteiger partial charge in [0.1, 0.15) is 5.60 Å². The number of hydrogen-bond donors (Lipinski definition) is 2. The van der Waals surface area contributed by atoms with E-state index in [9.17, 15) is 9.90 Å². The van der Waals surface area contributed by atoms with E-state index < -0.39 is 5.60 Å². The Kier molecular flexibility index (Phi) is 3.52. The lowest BCUT2D eigenvalue weighted by molar-refractivity contribution is -0.154. The van der Waals surface area contributed by atoms with Crippen LogP contribution in [0.3, 0.4) is 0 Å². The minimum atomic E-state index is -0.902. The van der Waals surface area contributed by atoms with E-state index in [2.05, 4.69) is 26.7 Å². The van der Waals surface area contributed by atoms with E-state index in [1.807, 2.05) is 0 Å². The highest BCUT2D eigenvalue weighted by molar-refractivity contribution is 5.79. The number of carbonyl (C=O) groups is 1. The lowest BCUT2D eigenvalue weighted by Gasteiger charge is -2.46. The van der Waals surface area contributed by atoms with Gasteiger partial charge in [0, 0.05) is 12.8 Å². The van der Waals surface area contributed by atoms with Crippen molar-refractivity contribution in [2.45, 2.75) is 44.1 Å². The monoisotopic (exact) mass is 277 g/mol. The van der Waals surface area contributed by atoms with Crippen LogP contribution in [0.25, 0.3) is 0 Å². The second kappa shape index (κ2) is 5.32. The molecule has 0 radical (unpaired) electrons. The largest absolute Gasteiger partial charge is 0.386 e. The van der Waals surface area contributed by atoms with Crippen LogP contribution < -0.4 is 0 Å². The van der Waals surface area contributed by atoms with E-state index in [-0.39, 0.29) is 5.91 Å². The van der Waals surface area contributed by atoms with Crippen LogP contribution in [-0.4, -0.2) is 55.2 Å². The number of tetrazole rings is 1. The van der Waals surface area contributed by atoms with Crippen molar-refractivity contribution in [3.8, 4) is 0 Å². The Morgan fingerprint density at radius 1 is 1.45 bits per heavy atom. The van der Waals surface area contributed by atoms with Gasteiger partial charge < -0.3 is 10.0 Å². The van der Waals surface area contributed by atoms with Crippen LogP contribution in [-0.2, 0) is 11.2 Å². The average Bonchev–Trinajstić information content (AvgIpc) is 2.89. The molecule has 0 spiro atoms. The molecule has 7 heteroatoms. The maximum Gasteiger partial charge on any atom is 0.226 e. The molecule has 0 bridgehead atoms. The number of aliphatic hydroxyl groups is 1. The van der Waals surface area contributed by atoms with Crippen molar-refractivity contribution in [3.63, 3.8) is 0 Å². The van der Waals surface area contributed by atoms with Crippen LogP contribution in [0.2, 0.25) is 0 Å². The van der Waals surface area contributed by atoms with Gasteiger partial charge in [-0.1, -0.05) is 16.9 Å². The van der Waals surface area contributed by atoms with Crippen LogP contribution in [0, 0.1) is 0 Å². The summed E-state index contributed by atoms with van der Waals surface area (Å²) in [6, 6.07) is 0. The van der Waals surface area contributed by atoms with Gasteiger partial charge in [0.2, 0.25) is 5.91 Å². The van der Waals surface area contributed by atoms with Gasteiger partial charge in [-0.3, -0.25) is 4.79 Å². The summed E-state index contributed by atoms with van der Waals surface area (Å²) in [4.78, 5) is 13.8. The number of hydrogen-bond acceptors (Lipinski definition) is 5. The number of allylic oxidation sites excluding steroid dienone is 1. The quantitative estimate of drug-likeness (QED) is 0.767. The lowest BCUT2D eigenvalue weighted by Crippen LogP contribution is -2.64. The first kappa shape index (κ1) is 13.2. The van der Waals surface area contributed by atoms with Gasteiger partial charge in [0.05, 0.1) is 13.1 Å². The highest BCUT2D eigenvalue weighted by Crippen LogP contribution is 2.27. The Morgan fingerprint density at radius 3 is 2.95 bits per heavy atom. The van der Waals surface area contributed by atoms with Crippen molar-refractivity contribution in [1.82, 2.24) is 25.5 Å². The fourth-order valence-electron chi connectivity index (χ4n) is 2.88. The highest BCUT2D eigenvalue weighted by Gasteiger charge is 2.44. The number of nitrogens with one attached hydrogen (secondary N) is 1. The number of H-pyrrole nitrogens is 1. The van der Waals surface area contributed by atoms with E-state index >= 15 is 0 Å². The minimum Gasteiger partial charge on any atom is -0.386 e. The maximum atomic E-state index is 12.1. The summed E-state index contributed by atoms with van der Waals surface area (Å²) < 4.78 is 0. The van der Waals surface area contributed by atoms with Crippen molar-refractivity contribution in [1.29, 1.82) is 0 Å². The molecule has 3 rings (SSSR count). The number of β-amino-alcohol motifs (C(OH)–C–C–N with tert-alkyl or cyclic N) is 1. The Balaban J connectivity index is 1.49. The van der Waals surface area contributed by atoms with Gasteiger partial charge in [0.15, 0.2) is 5.82 Å². The second-order valence-corrected chi connectivity index (χ2v) is 5.76. The Hall–Kier alpha value is -1.76. The van der Waals surface area contributed by atoms with Crippen LogP contribution >= 0.6 is 0 Å². The standard InChI is InChI=1S/C13H19N5O2/c19-12(6-10-4-2-1-3-5-10)18-8-13(20,9-18)7-11-14-16-17-15-11/h4,20H,1-3,5-9H2,(H,14,15,16,17). The van der Waals surface area contributed by atoms with Gasteiger partial charge in [-0.2, -0.15) is 5.21 Å². The molecule has 2 heterocycles. The first-order valence-corrected chi connectivity index (χ1v) is 7.05. The first-order valence-electron chi connectivity index (χ1n) is 7.05. The predicted molar refractivity (Wildman–Crippen MR) is 70.6 cm³/mol. The molecular formula is C13H19N5O2. The number of likely N-dealkylation sites (tertiary alicyclic amines) is 1. The van der Waals surface area contributed by atoms with E-state index in [4.69, 9.17) is 0 Å². The van der Waals surface area contributed by atoms with Crippen molar-refractivity contribution in [3.05, 3.63) is 17.5 Å². The molecule has 2 N–H and O–H groups in total. The van der Waals surface area contributed by atoms with Crippen molar-refractivity contribution in [2.75, 3.05) is 13.1 Å². The smallest absolute Gasteiger partial charge is 0.226 e. The lowest BCUT2D eigenvalue weighted by atomic mass is 9.89. The molecule has 0 unspecified atom stereocenters. The van der Waals surface area contributed by atoms with E-state index in [1.54, 1.807) is 4.90 Å². The van der Waals surface area contributed by atoms with E-state index in [1.165, 1.54) is 18.4 Å². The van der Waals surface area contributed by atoms with Crippen molar-refractivity contribution < 1.29 is 9.90 Å². The Bertz CT molecular complexity index is 505. The summed E-state index contributed by atoms with van der Waals surface area (Å²) in [5.74, 6) is 0.588. The van der Waals surface area contributed by atoms with E-state index in [0.29, 0.717) is 31.8 Å². The fraction of sp³-hybridized carbons (Fsp3) is 0.692. The first-order chi connectivity index (χ1) is 9.65. The van der Waals surface area contributed by atoms with Gasteiger partial charge in [-0.05, 0) is 25.7 Å². The molecule has 0 aromatic carbocycles. The summed E-state index contributed by atoms with van der Waals surface area (Å²) in [5.41, 5.74) is 0.343. The highest BCUT2D eigenvalue weighted by atomic mass is 16.3. The van der Waals surface area contributed by atoms with Gasteiger partial charge in [0.25, 0.3) is 0 Å². The summed E-state index contributed by atoms with van der Waals surface area (Å²) in [6.45, 7) is 0.710. The number of aromatic nitrogens is 4. The molecule has 7 nitrogen and oxygen atoms in total. The van der Waals surface area contributed by atoms with Crippen LogP contribution in [0.5, 0.6) is 0 Å². The van der Waals surface area contributed by atoms with Crippen molar-refractivity contribution >= 4 is 5.91 Å². The third-order valence-corrected chi connectivity index (χ3v) is 3.96. The summed E-state index contributed by atoms with van der Waals surface area (Å²) in [7, 11) is 0. The molecule has 1 aromatic heterocycles. The van der Waals surface area contributed by atoms with Crippen LogP contribution in [0.15, 0.2) is 11.6 Å². The molecule has 0 saturated carbocycles. The molecule has 1 fully saturated rings. The Labute approximate surface area is 117 Å². The van der Waals surface area contributed by atoms with Crippen LogP contribution in [0.1, 0.15) is 37.9 Å². The SMILES string of the molecule is O=C(CC1=CCCCC1)N1CC(O)(Cc2nn[nH]n2)C1. The molecule has 1 saturated heterocycles. The van der Waals surface area contributed by atoms with Gasteiger partial charge in [-0.15, -0.1) is 10.2 Å². The van der Waals surface area contributed by atoms with E-state index in [0.717, 1.165) is 12.8 Å². The van der Waals surface area contributed by atoms with Gasteiger partial charge in [-0.25, -0.2) is 0 Å². The zero-order valence-electron chi connectivity index (χ0n) is 11.4. The molecule has 0 atom stereocenters. The second-order valence-electron chi connectivity index (χ2n) is 5.76. The maximum absolute atomic E-state index is 12.1. The predicted octanol–water partition coefficient (Wildman–Crippen LogP) is 0.206. The fourth-order valence-corrected chi connectivity index (χ4v) is 2.88. The average molecular weight is 277 g/mol. The number of carbonyl (C=O) groups excluding carboxylic acids is 1. The molecule has 108 valence electrons. The number of rotatable bonds is 4. The summed E-state index contributed by atoms with van der Waals surface area (Å²) in [6.07, 6.45) is 7.55. The van der Waals surface area contributed by atoms with Crippen molar-refractivity contribution in [2.24, 2.45) is 0 Å². The normalized spacial score (nSPS) is 21.2.